The first-order valence-electron chi connectivity index (χ1n) is 5.24. The molecule has 2 heterocycles. The summed E-state index contributed by atoms with van der Waals surface area (Å²) in [5, 5.41) is 3.17. The van der Waals surface area contributed by atoms with Gasteiger partial charge in [-0.1, -0.05) is 6.07 Å². The monoisotopic (exact) mass is 230 g/mol. The van der Waals surface area contributed by atoms with Crippen LogP contribution in [0.1, 0.15) is 11.5 Å². The van der Waals surface area contributed by atoms with E-state index in [1.807, 2.05) is 25.1 Å². The summed E-state index contributed by atoms with van der Waals surface area (Å²) in [5.74, 6) is 7.41. The quantitative estimate of drug-likeness (QED) is 0.538. The number of aromatic nitrogens is 3. The van der Waals surface area contributed by atoms with E-state index in [4.69, 9.17) is 5.84 Å². The van der Waals surface area contributed by atoms with Gasteiger partial charge in [0.25, 0.3) is 0 Å². The van der Waals surface area contributed by atoms with Gasteiger partial charge in [-0.15, -0.1) is 0 Å². The highest BCUT2D eigenvalue weighted by Gasteiger charge is 1.98. The topological polar surface area (TPSA) is 88.8 Å². The van der Waals surface area contributed by atoms with Crippen molar-refractivity contribution in [1.82, 2.24) is 15.0 Å². The largest absolute Gasteiger partial charge is 0.364 e. The SMILES string of the molecule is Cc1nccc(CNc2cccc(NN)n2)n1. The van der Waals surface area contributed by atoms with E-state index in [0.29, 0.717) is 12.4 Å². The Kier molecular flexibility index (Phi) is 3.46. The van der Waals surface area contributed by atoms with Crippen molar-refractivity contribution >= 4 is 11.6 Å². The van der Waals surface area contributed by atoms with Crippen molar-refractivity contribution in [2.45, 2.75) is 13.5 Å². The van der Waals surface area contributed by atoms with Crippen LogP contribution < -0.4 is 16.6 Å². The lowest BCUT2D eigenvalue weighted by molar-refractivity contribution is 0.950. The third-order valence-electron chi connectivity index (χ3n) is 2.18. The smallest absolute Gasteiger partial charge is 0.142 e. The summed E-state index contributed by atoms with van der Waals surface area (Å²) in [6, 6.07) is 7.40. The van der Waals surface area contributed by atoms with Crippen LogP contribution in [-0.4, -0.2) is 15.0 Å². The minimum Gasteiger partial charge on any atom is -0.364 e. The zero-order valence-electron chi connectivity index (χ0n) is 9.51. The molecule has 4 N–H and O–H groups in total. The summed E-state index contributed by atoms with van der Waals surface area (Å²) in [4.78, 5) is 12.6. The Balaban J connectivity index is 2.02. The lowest BCUT2D eigenvalue weighted by atomic mass is 10.4. The van der Waals surface area contributed by atoms with Gasteiger partial charge in [-0.25, -0.2) is 20.8 Å². The number of rotatable bonds is 4. The fraction of sp³-hybridized carbons (Fsp3) is 0.182. The van der Waals surface area contributed by atoms with Crippen molar-refractivity contribution in [3.8, 4) is 0 Å². The van der Waals surface area contributed by atoms with Gasteiger partial charge in [0.2, 0.25) is 0 Å². The molecule has 0 amide bonds. The second-order valence-corrected chi connectivity index (χ2v) is 3.50. The number of hydrogen-bond acceptors (Lipinski definition) is 6. The second kappa shape index (κ2) is 5.22. The Hall–Kier alpha value is -2.21. The first-order valence-corrected chi connectivity index (χ1v) is 5.24. The van der Waals surface area contributed by atoms with Crippen molar-refractivity contribution in [1.29, 1.82) is 0 Å². The zero-order valence-corrected chi connectivity index (χ0v) is 9.51. The lowest BCUT2D eigenvalue weighted by Gasteiger charge is -2.06. The van der Waals surface area contributed by atoms with Gasteiger partial charge < -0.3 is 10.7 Å². The summed E-state index contributed by atoms with van der Waals surface area (Å²) in [6.07, 6.45) is 1.74. The average Bonchev–Trinajstić information content (AvgIpc) is 2.37. The Bertz CT molecular complexity index is 499. The molecule has 0 aromatic carbocycles. The molecule has 17 heavy (non-hydrogen) atoms. The molecule has 2 aromatic rings. The molecule has 0 bridgehead atoms. The molecule has 2 aromatic heterocycles. The Morgan fingerprint density at radius 1 is 1.18 bits per heavy atom. The van der Waals surface area contributed by atoms with Crippen molar-refractivity contribution in [2.75, 3.05) is 10.7 Å². The van der Waals surface area contributed by atoms with Crippen LogP contribution in [0, 0.1) is 6.92 Å². The van der Waals surface area contributed by atoms with Crippen molar-refractivity contribution in [3.63, 3.8) is 0 Å². The Morgan fingerprint density at radius 3 is 2.76 bits per heavy atom. The zero-order chi connectivity index (χ0) is 12.1. The lowest BCUT2D eigenvalue weighted by Crippen LogP contribution is -2.10. The van der Waals surface area contributed by atoms with Crippen molar-refractivity contribution < 1.29 is 0 Å². The van der Waals surface area contributed by atoms with E-state index in [-0.39, 0.29) is 0 Å². The maximum absolute atomic E-state index is 5.28. The van der Waals surface area contributed by atoms with E-state index in [1.165, 1.54) is 0 Å². The highest BCUT2D eigenvalue weighted by Crippen LogP contribution is 2.08. The van der Waals surface area contributed by atoms with Crippen molar-refractivity contribution in [2.24, 2.45) is 5.84 Å². The Morgan fingerprint density at radius 2 is 2.00 bits per heavy atom. The third kappa shape index (κ3) is 3.12. The van der Waals surface area contributed by atoms with E-state index in [0.717, 1.165) is 17.3 Å². The number of nitrogens with two attached hydrogens (primary N) is 1. The summed E-state index contributed by atoms with van der Waals surface area (Å²) in [5.41, 5.74) is 3.42. The van der Waals surface area contributed by atoms with Crippen LogP contribution in [0.4, 0.5) is 11.6 Å². The van der Waals surface area contributed by atoms with Gasteiger partial charge in [0.1, 0.15) is 17.5 Å². The predicted molar refractivity (Wildman–Crippen MR) is 66.1 cm³/mol. The molecule has 6 heteroatoms. The van der Waals surface area contributed by atoms with E-state index in [2.05, 4.69) is 25.7 Å². The minimum atomic E-state index is 0.602. The van der Waals surface area contributed by atoms with Gasteiger partial charge >= 0.3 is 0 Å². The molecule has 0 saturated heterocycles. The van der Waals surface area contributed by atoms with Crippen LogP contribution in [0.25, 0.3) is 0 Å². The van der Waals surface area contributed by atoms with Gasteiger partial charge in [0.05, 0.1) is 12.2 Å². The fourth-order valence-electron chi connectivity index (χ4n) is 1.40. The van der Waals surface area contributed by atoms with Gasteiger partial charge in [-0.3, -0.25) is 0 Å². The second-order valence-electron chi connectivity index (χ2n) is 3.50. The summed E-state index contributed by atoms with van der Waals surface area (Å²) in [7, 11) is 0. The van der Waals surface area contributed by atoms with E-state index >= 15 is 0 Å². The van der Waals surface area contributed by atoms with E-state index < -0.39 is 0 Å². The molecule has 0 aliphatic heterocycles. The number of nitrogens with zero attached hydrogens (tertiary/aromatic N) is 3. The maximum atomic E-state index is 5.28. The molecular weight excluding hydrogens is 216 g/mol. The van der Waals surface area contributed by atoms with Gasteiger partial charge in [0, 0.05) is 6.20 Å². The number of nitrogens with one attached hydrogen (secondary N) is 2. The van der Waals surface area contributed by atoms with Crippen LogP contribution in [0.15, 0.2) is 30.5 Å². The molecule has 0 unspecified atom stereocenters. The summed E-state index contributed by atoms with van der Waals surface area (Å²) >= 11 is 0. The van der Waals surface area contributed by atoms with Crippen LogP contribution in [0.5, 0.6) is 0 Å². The van der Waals surface area contributed by atoms with Crippen LogP contribution >= 0.6 is 0 Å². The maximum Gasteiger partial charge on any atom is 0.142 e. The third-order valence-corrected chi connectivity index (χ3v) is 2.18. The van der Waals surface area contributed by atoms with Gasteiger partial charge in [0.15, 0.2) is 0 Å². The molecular formula is C11H14N6. The van der Waals surface area contributed by atoms with Crippen LogP contribution in [0.3, 0.4) is 0 Å². The molecule has 0 aliphatic carbocycles. The van der Waals surface area contributed by atoms with E-state index in [9.17, 15) is 0 Å². The van der Waals surface area contributed by atoms with Crippen LogP contribution in [0.2, 0.25) is 0 Å². The van der Waals surface area contributed by atoms with Gasteiger partial charge in [-0.2, -0.15) is 0 Å². The normalized spacial score (nSPS) is 10.0. The van der Waals surface area contributed by atoms with Gasteiger partial charge in [-0.05, 0) is 25.1 Å². The minimum absolute atomic E-state index is 0.602. The predicted octanol–water partition coefficient (Wildman–Crippen LogP) is 1.08. The molecule has 0 spiro atoms. The standard InChI is InChI=1S/C11H14N6/c1-8-13-6-5-9(15-8)7-14-10-3-2-4-11(16-10)17-12/h2-6H,7,12H2,1H3,(H2,14,16,17). The number of aryl methyl sites for hydroxylation is 1. The first kappa shape index (κ1) is 11.3. The molecule has 0 atom stereocenters. The number of nitrogen functional groups attached to an aromatic ring is 1. The van der Waals surface area contributed by atoms with E-state index in [1.54, 1.807) is 12.3 Å². The molecule has 0 aliphatic rings. The molecule has 0 fully saturated rings. The highest BCUT2D eigenvalue weighted by atomic mass is 15.3. The first-order chi connectivity index (χ1) is 8.28. The van der Waals surface area contributed by atoms with Crippen LogP contribution in [-0.2, 0) is 6.54 Å². The Labute approximate surface area is 99.3 Å². The highest BCUT2D eigenvalue weighted by molar-refractivity contribution is 5.44. The molecule has 0 radical (unpaired) electrons. The summed E-state index contributed by atoms with van der Waals surface area (Å²) in [6.45, 7) is 2.46. The molecule has 0 saturated carbocycles. The number of hydrogen-bond donors (Lipinski definition) is 3. The molecule has 2 rings (SSSR count). The molecule has 88 valence electrons. The fourth-order valence-corrected chi connectivity index (χ4v) is 1.40. The average molecular weight is 230 g/mol. The number of hydrazine groups is 1. The number of anilines is 2. The molecule has 6 nitrogen and oxygen atoms in total. The summed E-state index contributed by atoms with van der Waals surface area (Å²) < 4.78 is 0. The van der Waals surface area contributed by atoms with Crippen molar-refractivity contribution in [3.05, 3.63) is 42.0 Å². The number of pyridine rings is 1.